The van der Waals surface area contributed by atoms with E-state index in [1.54, 1.807) is 18.3 Å². The van der Waals surface area contributed by atoms with Crippen molar-refractivity contribution in [1.82, 2.24) is 5.32 Å². The molecule has 0 heterocycles. The van der Waals surface area contributed by atoms with Crippen LogP contribution in [0.4, 0.5) is 5.69 Å². The molecule has 1 aliphatic rings. The number of nitrogens with one attached hydrogen (secondary N) is 2. The molecule has 0 bridgehead atoms. The summed E-state index contributed by atoms with van der Waals surface area (Å²) in [7, 11) is 0. The van der Waals surface area contributed by atoms with Crippen molar-refractivity contribution in [2.24, 2.45) is 0 Å². The summed E-state index contributed by atoms with van der Waals surface area (Å²) in [6.45, 7) is 9.03. The molecule has 0 saturated heterocycles. The molecule has 144 valence electrons. The Bertz CT molecular complexity index is 966. The van der Waals surface area contributed by atoms with Crippen LogP contribution in [-0.2, 0) is 10.8 Å². The summed E-state index contributed by atoms with van der Waals surface area (Å²) in [6, 6.07) is 12.4. The Kier molecular flexibility index (Phi) is 4.99. The van der Waals surface area contributed by atoms with Crippen molar-refractivity contribution in [1.29, 1.82) is 5.26 Å². The highest BCUT2D eigenvalue weighted by Gasteiger charge is 2.37. The molecule has 2 N–H and O–H groups in total. The number of nitriles is 1. The quantitative estimate of drug-likeness (QED) is 0.612. The Hall–Kier alpha value is -3.13. The molecule has 28 heavy (non-hydrogen) atoms. The number of carbonyl (C=O) groups excluding carboxylic acids is 2. The van der Waals surface area contributed by atoms with E-state index < -0.39 is 5.91 Å². The van der Waals surface area contributed by atoms with Crippen molar-refractivity contribution in [2.45, 2.75) is 51.4 Å². The van der Waals surface area contributed by atoms with Crippen LogP contribution >= 0.6 is 0 Å². The fourth-order valence-electron chi connectivity index (χ4n) is 3.77. The van der Waals surface area contributed by atoms with Crippen LogP contribution in [0, 0.1) is 11.5 Å². The molecule has 0 fully saturated rings. The van der Waals surface area contributed by atoms with Gasteiger partial charge < -0.3 is 5.32 Å². The zero-order valence-electron chi connectivity index (χ0n) is 16.7. The normalized spacial score (nSPS) is 16.4. The largest absolute Gasteiger partial charge is 0.322 e. The Morgan fingerprint density at radius 2 is 1.39 bits per heavy atom. The standard InChI is InChI=1S/C23H25N3O2/c1-22(2)11-12-23(3,4)19-13-17(9-10-18(19)22)26-21(28)16-7-5-15(6-8-16)20(27)25-14-24/h5-10,13H,11-12H2,1-4H3,(H,25,27)(H,26,28). The summed E-state index contributed by atoms with van der Waals surface area (Å²) in [5.74, 6) is -0.728. The summed E-state index contributed by atoms with van der Waals surface area (Å²) >= 11 is 0. The highest BCUT2D eigenvalue weighted by Crippen LogP contribution is 2.46. The first-order valence-corrected chi connectivity index (χ1v) is 9.40. The second-order valence-electron chi connectivity index (χ2n) is 8.63. The maximum Gasteiger partial charge on any atom is 0.264 e. The minimum Gasteiger partial charge on any atom is -0.322 e. The number of carbonyl (C=O) groups is 2. The van der Waals surface area contributed by atoms with E-state index in [1.165, 1.54) is 23.3 Å². The fraction of sp³-hybridized carbons (Fsp3) is 0.348. The molecule has 3 rings (SSSR count). The Labute approximate surface area is 165 Å². The summed E-state index contributed by atoms with van der Waals surface area (Å²) in [6.07, 6.45) is 3.85. The average molecular weight is 375 g/mol. The highest BCUT2D eigenvalue weighted by molar-refractivity contribution is 6.05. The molecule has 0 atom stereocenters. The Balaban J connectivity index is 1.82. The van der Waals surface area contributed by atoms with Crippen molar-refractivity contribution >= 4 is 17.5 Å². The van der Waals surface area contributed by atoms with E-state index in [2.05, 4.69) is 50.5 Å². The minimum absolute atomic E-state index is 0.0708. The van der Waals surface area contributed by atoms with Crippen LogP contribution in [0.5, 0.6) is 0 Å². The third-order valence-electron chi connectivity index (χ3n) is 5.69. The molecule has 2 aromatic carbocycles. The van der Waals surface area contributed by atoms with Crippen molar-refractivity contribution in [3.63, 3.8) is 0 Å². The van der Waals surface area contributed by atoms with Crippen LogP contribution in [0.1, 0.15) is 72.4 Å². The fourth-order valence-corrected chi connectivity index (χ4v) is 3.77. The van der Waals surface area contributed by atoms with Gasteiger partial charge in [0.1, 0.15) is 0 Å². The second kappa shape index (κ2) is 7.12. The lowest BCUT2D eigenvalue weighted by atomic mass is 9.63. The van der Waals surface area contributed by atoms with Gasteiger partial charge in [-0.3, -0.25) is 14.9 Å². The van der Waals surface area contributed by atoms with Crippen molar-refractivity contribution in [3.8, 4) is 6.19 Å². The minimum atomic E-state index is -0.492. The highest BCUT2D eigenvalue weighted by atomic mass is 16.2. The maximum atomic E-state index is 12.6. The summed E-state index contributed by atoms with van der Waals surface area (Å²) < 4.78 is 0. The average Bonchev–Trinajstić information content (AvgIpc) is 2.66. The van der Waals surface area contributed by atoms with Crippen LogP contribution in [0.25, 0.3) is 0 Å². The van der Waals surface area contributed by atoms with Crippen LogP contribution in [0.2, 0.25) is 0 Å². The van der Waals surface area contributed by atoms with Gasteiger partial charge in [0.05, 0.1) is 0 Å². The molecule has 5 nitrogen and oxygen atoms in total. The molecule has 5 heteroatoms. The zero-order valence-corrected chi connectivity index (χ0v) is 16.7. The number of nitrogens with zero attached hydrogens (tertiary/aromatic N) is 1. The van der Waals surface area contributed by atoms with Crippen LogP contribution in [-0.4, -0.2) is 11.8 Å². The summed E-state index contributed by atoms with van der Waals surface area (Å²) in [4.78, 5) is 24.2. The molecule has 0 saturated carbocycles. The van der Waals surface area contributed by atoms with Gasteiger partial charge in [-0.05, 0) is 71.2 Å². The lowest BCUT2D eigenvalue weighted by Crippen LogP contribution is -2.33. The molecule has 0 aliphatic heterocycles. The van der Waals surface area contributed by atoms with Gasteiger partial charge in [-0.25, -0.2) is 0 Å². The zero-order chi connectivity index (χ0) is 20.5. The van der Waals surface area contributed by atoms with E-state index in [0.717, 1.165) is 18.5 Å². The second-order valence-corrected chi connectivity index (χ2v) is 8.63. The molecule has 0 spiro atoms. The van der Waals surface area contributed by atoms with Gasteiger partial charge in [-0.1, -0.05) is 33.8 Å². The van der Waals surface area contributed by atoms with Gasteiger partial charge in [-0.15, -0.1) is 0 Å². The monoisotopic (exact) mass is 375 g/mol. The van der Waals surface area contributed by atoms with Crippen molar-refractivity contribution in [3.05, 3.63) is 64.7 Å². The molecule has 2 aromatic rings. The summed E-state index contributed by atoms with van der Waals surface area (Å²) in [5.41, 5.74) is 4.37. The van der Waals surface area contributed by atoms with E-state index in [9.17, 15) is 9.59 Å². The number of rotatable bonds is 3. The van der Waals surface area contributed by atoms with Crippen LogP contribution in [0.3, 0.4) is 0 Å². The van der Waals surface area contributed by atoms with Gasteiger partial charge in [0.15, 0.2) is 6.19 Å². The Morgan fingerprint density at radius 1 is 0.857 bits per heavy atom. The number of hydrogen-bond donors (Lipinski definition) is 2. The van der Waals surface area contributed by atoms with E-state index >= 15 is 0 Å². The van der Waals surface area contributed by atoms with Crippen molar-refractivity contribution in [2.75, 3.05) is 5.32 Å². The van der Waals surface area contributed by atoms with Gasteiger partial charge in [0.25, 0.3) is 11.8 Å². The van der Waals surface area contributed by atoms with E-state index in [0.29, 0.717) is 11.1 Å². The number of benzene rings is 2. The third kappa shape index (κ3) is 3.77. The predicted molar refractivity (Wildman–Crippen MR) is 109 cm³/mol. The third-order valence-corrected chi connectivity index (χ3v) is 5.69. The SMILES string of the molecule is CC1(C)CCC(C)(C)c2cc(NC(=O)c3ccc(C(=O)NC#N)cc3)ccc21. The lowest BCUT2D eigenvalue weighted by molar-refractivity contribution is 0.0970. The van der Waals surface area contributed by atoms with Gasteiger partial charge in [0, 0.05) is 16.8 Å². The molecular formula is C23H25N3O2. The van der Waals surface area contributed by atoms with Crippen molar-refractivity contribution < 1.29 is 9.59 Å². The lowest BCUT2D eigenvalue weighted by Gasteiger charge is -2.42. The van der Waals surface area contributed by atoms with Crippen LogP contribution < -0.4 is 10.6 Å². The molecular weight excluding hydrogens is 350 g/mol. The molecule has 1 aliphatic carbocycles. The first-order valence-electron chi connectivity index (χ1n) is 9.40. The number of hydrogen-bond acceptors (Lipinski definition) is 3. The first-order chi connectivity index (χ1) is 13.1. The van der Waals surface area contributed by atoms with Crippen LogP contribution in [0.15, 0.2) is 42.5 Å². The number of anilines is 1. The summed E-state index contributed by atoms with van der Waals surface area (Å²) in [5, 5.41) is 13.5. The number of amides is 2. The smallest absolute Gasteiger partial charge is 0.264 e. The van der Waals surface area contributed by atoms with E-state index in [1.807, 2.05) is 6.07 Å². The van der Waals surface area contributed by atoms with E-state index in [4.69, 9.17) is 5.26 Å². The van der Waals surface area contributed by atoms with Gasteiger partial charge in [-0.2, -0.15) is 5.26 Å². The molecule has 0 aromatic heterocycles. The number of fused-ring (bicyclic) bond motifs is 1. The molecule has 2 amide bonds. The predicted octanol–water partition coefficient (Wildman–Crippen LogP) is 4.50. The van der Waals surface area contributed by atoms with E-state index in [-0.39, 0.29) is 16.7 Å². The maximum absolute atomic E-state index is 12.6. The van der Waals surface area contributed by atoms with Gasteiger partial charge in [0.2, 0.25) is 0 Å². The molecule has 0 unspecified atom stereocenters. The first kappa shape index (κ1) is 19.6. The molecule has 0 radical (unpaired) electrons. The Morgan fingerprint density at radius 3 is 1.96 bits per heavy atom. The van der Waals surface area contributed by atoms with Gasteiger partial charge >= 0.3 is 0 Å². The topological polar surface area (TPSA) is 82.0 Å².